The molecular formula is C27H25ClN4S. The van der Waals surface area contributed by atoms with Crippen LogP contribution in [0.1, 0.15) is 48.8 Å². The molecule has 4 nitrogen and oxygen atoms in total. The van der Waals surface area contributed by atoms with Crippen molar-refractivity contribution in [2.75, 3.05) is 4.90 Å². The van der Waals surface area contributed by atoms with Crippen molar-refractivity contribution >= 4 is 34.6 Å². The predicted octanol–water partition coefficient (Wildman–Crippen LogP) is 6.83. The number of aromatic nitrogens is 2. The molecule has 2 aromatic carbocycles. The van der Waals surface area contributed by atoms with Gasteiger partial charge in [-0.15, -0.1) is 0 Å². The maximum absolute atomic E-state index is 6.32. The van der Waals surface area contributed by atoms with Gasteiger partial charge in [-0.05, 0) is 78.3 Å². The molecule has 0 saturated carbocycles. The summed E-state index contributed by atoms with van der Waals surface area (Å²) < 4.78 is 2.18. The Morgan fingerprint density at radius 1 is 0.939 bits per heavy atom. The molecule has 1 aliphatic heterocycles. The van der Waals surface area contributed by atoms with E-state index in [0.717, 1.165) is 22.8 Å². The van der Waals surface area contributed by atoms with Crippen molar-refractivity contribution in [3.05, 3.63) is 113 Å². The minimum atomic E-state index is -0.101. The highest BCUT2D eigenvalue weighted by Gasteiger charge is 2.42. The lowest BCUT2D eigenvalue weighted by atomic mass is 9.99. The van der Waals surface area contributed by atoms with E-state index in [9.17, 15) is 0 Å². The number of thiocarbonyl (C=S) groups is 1. The van der Waals surface area contributed by atoms with Gasteiger partial charge >= 0.3 is 0 Å². The van der Waals surface area contributed by atoms with Crippen LogP contribution in [0.3, 0.4) is 0 Å². The fourth-order valence-electron chi connectivity index (χ4n) is 4.45. The number of hydrogen-bond donors (Lipinski definition) is 1. The van der Waals surface area contributed by atoms with E-state index in [1.54, 1.807) is 0 Å². The highest BCUT2D eigenvalue weighted by Crippen LogP contribution is 2.42. The fraction of sp³-hybridized carbons (Fsp3) is 0.185. The maximum atomic E-state index is 6.32. The number of hydrogen-bond acceptors (Lipinski definition) is 2. The van der Waals surface area contributed by atoms with E-state index < -0.39 is 0 Å². The second-order valence-electron chi connectivity index (χ2n) is 8.53. The van der Waals surface area contributed by atoms with Crippen LogP contribution in [0.25, 0.3) is 5.69 Å². The van der Waals surface area contributed by atoms with E-state index >= 15 is 0 Å². The van der Waals surface area contributed by atoms with Crippen molar-refractivity contribution in [1.29, 1.82) is 0 Å². The minimum absolute atomic E-state index is 0.0914. The molecule has 3 heterocycles. The molecule has 33 heavy (non-hydrogen) atoms. The predicted molar refractivity (Wildman–Crippen MR) is 139 cm³/mol. The summed E-state index contributed by atoms with van der Waals surface area (Å²) in [5.74, 6) is 0.472. The molecule has 0 bridgehead atoms. The number of pyridine rings is 1. The van der Waals surface area contributed by atoms with Gasteiger partial charge in [0.25, 0.3) is 0 Å². The van der Waals surface area contributed by atoms with Gasteiger partial charge in [-0.1, -0.05) is 49.7 Å². The summed E-state index contributed by atoms with van der Waals surface area (Å²) in [6.07, 6.45) is 3.89. The summed E-state index contributed by atoms with van der Waals surface area (Å²) in [5.41, 5.74) is 5.42. The monoisotopic (exact) mass is 472 g/mol. The number of rotatable bonds is 5. The molecule has 1 N–H and O–H groups in total. The third kappa shape index (κ3) is 4.14. The Morgan fingerprint density at radius 2 is 1.76 bits per heavy atom. The number of halogens is 1. The highest BCUT2D eigenvalue weighted by atomic mass is 35.5. The summed E-state index contributed by atoms with van der Waals surface area (Å²) in [6, 6.07) is 26.6. The second-order valence-corrected chi connectivity index (χ2v) is 9.35. The van der Waals surface area contributed by atoms with Gasteiger partial charge in [0.15, 0.2) is 5.11 Å². The van der Waals surface area contributed by atoms with E-state index in [1.807, 2.05) is 42.6 Å². The molecule has 166 valence electrons. The molecule has 0 aliphatic carbocycles. The summed E-state index contributed by atoms with van der Waals surface area (Å²) >= 11 is 12.2. The largest absolute Gasteiger partial charge is 0.351 e. The van der Waals surface area contributed by atoms with Crippen molar-refractivity contribution in [3.63, 3.8) is 0 Å². The average Bonchev–Trinajstić information content (AvgIpc) is 3.44. The Kier molecular flexibility index (Phi) is 5.92. The second kappa shape index (κ2) is 9.00. The maximum Gasteiger partial charge on any atom is 0.174 e. The lowest BCUT2D eigenvalue weighted by molar-refractivity contribution is 0.549. The summed E-state index contributed by atoms with van der Waals surface area (Å²) in [6.45, 7) is 4.41. The molecule has 0 amide bonds. The van der Waals surface area contributed by atoms with Crippen LogP contribution in [-0.2, 0) is 0 Å². The van der Waals surface area contributed by atoms with Gasteiger partial charge in [-0.3, -0.25) is 4.98 Å². The molecule has 2 aromatic heterocycles. The molecule has 5 rings (SSSR count). The van der Waals surface area contributed by atoms with E-state index in [0.29, 0.717) is 16.1 Å². The van der Waals surface area contributed by atoms with E-state index in [2.05, 4.69) is 82.3 Å². The third-order valence-corrected chi connectivity index (χ3v) is 6.66. The number of benzene rings is 2. The molecule has 6 heteroatoms. The highest BCUT2D eigenvalue weighted by molar-refractivity contribution is 7.80. The molecule has 4 aromatic rings. The summed E-state index contributed by atoms with van der Waals surface area (Å²) in [5, 5.41) is 4.93. The average molecular weight is 473 g/mol. The Morgan fingerprint density at radius 3 is 2.45 bits per heavy atom. The molecular weight excluding hydrogens is 448 g/mol. The van der Waals surface area contributed by atoms with Crippen LogP contribution in [0, 0.1) is 0 Å². The van der Waals surface area contributed by atoms with Gasteiger partial charge in [0.1, 0.15) is 6.04 Å². The molecule has 0 radical (unpaired) electrons. The molecule has 1 aliphatic rings. The van der Waals surface area contributed by atoms with Crippen LogP contribution in [-0.4, -0.2) is 14.7 Å². The van der Waals surface area contributed by atoms with Crippen LogP contribution in [0.4, 0.5) is 5.69 Å². The molecule has 0 spiro atoms. The Bertz CT molecular complexity index is 1270. The smallest absolute Gasteiger partial charge is 0.174 e. The summed E-state index contributed by atoms with van der Waals surface area (Å²) in [4.78, 5) is 6.86. The molecule has 0 unspecified atom stereocenters. The number of nitrogens with one attached hydrogen (secondary N) is 1. The molecule has 1 saturated heterocycles. The normalized spacial score (nSPS) is 18.1. The molecule has 1 fully saturated rings. The Hall–Kier alpha value is -3.15. The van der Waals surface area contributed by atoms with Crippen LogP contribution in [0.2, 0.25) is 5.02 Å². The first-order chi connectivity index (χ1) is 16.0. The SMILES string of the molecule is CC(C)c1ccc(N2C(=S)N[C@@H](c3ccccn3)[C@@H]2c2cccn2-c2cccc(Cl)c2)cc1. The third-order valence-electron chi connectivity index (χ3n) is 6.11. The number of nitrogens with zero attached hydrogens (tertiary/aromatic N) is 3. The Balaban J connectivity index is 1.64. The lowest BCUT2D eigenvalue weighted by Gasteiger charge is -2.29. The molecule has 2 atom stereocenters. The zero-order chi connectivity index (χ0) is 22.9. The van der Waals surface area contributed by atoms with Crippen LogP contribution >= 0.6 is 23.8 Å². The Labute approximate surface area is 204 Å². The van der Waals surface area contributed by atoms with Crippen molar-refractivity contribution in [3.8, 4) is 5.69 Å². The van der Waals surface area contributed by atoms with Gasteiger partial charge in [0.2, 0.25) is 0 Å². The minimum Gasteiger partial charge on any atom is -0.351 e. The van der Waals surface area contributed by atoms with Crippen molar-refractivity contribution in [2.45, 2.75) is 31.8 Å². The van der Waals surface area contributed by atoms with E-state index in [1.165, 1.54) is 5.56 Å². The van der Waals surface area contributed by atoms with Crippen molar-refractivity contribution in [1.82, 2.24) is 14.9 Å². The fourth-order valence-corrected chi connectivity index (χ4v) is 4.98. The first-order valence-corrected chi connectivity index (χ1v) is 11.9. The van der Waals surface area contributed by atoms with Gasteiger partial charge < -0.3 is 14.8 Å². The first kappa shape index (κ1) is 21.7. The van der Waals surface area contributed by atoms with Crippen molar-refractivity contribution in [2.24, 2.45) is 0 Å². The van der Waals surface area contributed by atoms with Crippen molar-refractivity contribution < 1.29 is 0 Å². The van der Waals surface area contributed by atoms with Crippen LogP contribution in [0.5, 0.6) is 0 Å². The van der Waals surface area contributed by atoms with Gasteiger partial charge in [-0.25, -0.2) is 0 Å². The quantitative estimate of drug-likeness (QED) is 0.323. The van der Waals surface area contributed by atoms with Gasteiger partial charge in [0, 0.05) is 34.5 Å². The first-order valence-electron chi connectivity index (χ1n) is 11.1. The van der Waals surface area contributed by atoms with Gasteiger partial charge in [0.05, 0.1) is 11.7 Å². The zero-order valence-electron chi connectivity index (χ0n) is 18.5. The lowest BCUT2D eigenvalue weighted by Crippen LogP contribution is -2.30. The standard InChI is InChI=1S/C27H25ClN4S/c1-18(2)19-11-13-21(14-12-19)32-26(25(30-27(32)33)23-9-3-4-15-29-23)24-10-6-16-31(24)22-8-5-7-20(28)17-22/h3-18,25-26H,1-2H3,(H,30,33)/t25-,26-/m0/s1. The topological polar surface area (TPSA) is 33.1 Å². The van der Waals surface area contributed by atoms with E-state index in [4.69, 9.17) is 23.8 Å². The van der Waals surface area contributed by atoms with Crippen LogP contribution in [0.15, 0.2) is 91.3 Å². The van der Waals surface area contributed by atoms with Crippen LogP contribution < -0.4 is 10.2 Å². The summed E-state index contributed by atoms with van der Waals surface area (Å²) in [7, 11) is 0. The van der Waals surface area contributed by atoms with E-state index in [-0.39, 0.29) is 12.1 Å². The zero-order valence-corrected chi connectivity index (χ0v) is 20.1. The van der Waals surface area contributed by atoms with Gasteiger partial charge in [-0.2, -0.15) is 0 Å². The number of anilines is 1.